The van der Waals surface area contributed by atoms with Crippen LogP contribution in [0.5, 0.6) is 0 Å². The third-order valence-electron chi connectivity index (χ3n) is 8.15. The molecular weight excluding hydrogens is 414 g/mol. The molecule has 170 valence electrons. The number of nitrogens with zero attached hydrogens (tertiary/aromatic N) is 1. The number of rotatable bonds is 4. The zero-order chi connectivity index (χ0) is 23.6. The van der Waals surface area contributed by atoms with Gasteiger partial charge in [0.25, 0.3) is 0 Å². The SMILES string of the molecule is CCC1(CC)c2ccccc2-c2cc3c(cc21)oc1c(-c2cc(C(C)C)ccn2)c(C)ccc13. The predicted octanol–water partition coefficient (Wildman–Crippen LogP) is 9.17. The van der Waals surface area contributed by atoms with E-state index in [1.54, 1.807) is 0 Å². The molecule has 5 aromatic rings. The minimum Gasteiger partial charge on any atom is -0.455 e. The summed E-state index contributed by atoms with van der Waals surface area (Å²) < 4.78 is 6.69. The van der Waals surface area contributed by atoms with Crippen molar-refractivity contribution in [3.05, 3.63) is 89.1 Å². The number of aryl methyl sites for hydroxylation is 1. The third-order valence-corrected chi connectivity index (χ3v) is 8.15. The van der Waals surface area contributed by atoms with Crippen molar-refractivity contribution in [2.24, 2.45) is 0 Å². The Balaban J connectivity index is 1.66. The number of pyridine rings is 1. The van der Waals surface area contributed by atoms with Crippen molar-refractivity contribution in [2.75, 3.05) is 0 Å². The van der Waals surface area contributed by atoms with E-state index in [1.165, 1.54) is 38.8 Å². The Bertz CT molecular complexity index is 1570. The van der Waals surface area contributed by atoms with E-state index in [0.717, 1.165) is 40.7 Å². The van der Waals surface area contributed by atoms with Gasteiger partial charge in [-0.1, -0.05) is 64.1 Å². The molecule has 6 rings (SSSR count). The highest BCUT2D eigenvalue weighted by Gasteiger charge is 2.40. The van der Waals surface area contributed by atoms with Crippen LogP contribution >= 0.6 is 0 Å². The van der Waals surface area contributed by atoms with Crippen molar-refractivity contribution in [3.8, 4) is 22.4 Å². The quantitative estimate of drug-likeness (QED) is 0.275. The highest BCUT2D eigenvalue weighted by Crippen LogP contribution is 2.54. The lowest BCUT2D eigenvalue weighted by atomic mass is 9.74. The predicted molar refractivity (Wildman–Crippen MR) is 143 cm³/mol. The molecule has 3 aromatic carbocycles. The van der Waals surface area contributed by atoms with Gasteiger partial charge in [0.1, 0.15) is 11.2 Å². The fraction of sp³-hybridized carbons (Fsp3) is 0.281. The smallest absolute Gasteiger partial charge is 0.145 e. The Hall–Kier alpha value is -3.39. The second-order valence-electron chi connectivity index (χ2n) is 10.1. The molecule has 0 N–H and O–H groups in total. The second-order valence-corrected chi connectivity index (χ2v) is 10.1. The molecule has 0 saturated heterocycles. The summed E-state index contributed by atoms with van der Waals surface area (Å²) in [6.45, 7) is 11.2. The number of hydrogen-bond donors (Lipinski definition) is 0. The molecule has 2 heteroatoms. The minimum atomic E-state index is 0.0466. The lowest BCUT2D eigenvalue weighted by molar-refractivity contribution is 0.490. The molecule has 0 saturated carbocycles. The molecule has 0 spiro atoms. The normalized spacial score (nSPS) is 14.2. The Morgan fingerprint density at radius 2 is 1.65 bits per heavy atom. The van der Waals surface area contributed by atoms with Gasteiger partial charge in [0.15, 0.2) is 0 Å². The van der Waals surface area contributed by atoms with Gasteiger partial charge in [-0.2, -0.15) is 0 Å². The topological polar surface area (TPSA) is 26.0 Å². The highest BCUT2D eigenvalue weighted by atomic mass is 16.3. The lowest BCUT2D eigenvalue weighted by Gasteiger charge is -2.29. The molecule has 0 unspecified atom stereocenters. The Kier molecular flexibility index (Phi) is 4.71. The van der Waals surface area contributed by atoms with Crippen LogP contribution in [0, 0.1) is 6.92 Å². The van der Waals surface area contributed by atoms with Crippen molar-refractivity contribution < 1.29 is 4.42 Å². The van der Waals surface area contributed by atoms with E-state index >= 15 is 0 Å². The van der Waals surface area contributed by atoms with Crippen LogP contribution in [-0.2, 0) is 5.41 Å². The van der Waals surface area contributed by atoms with Crippen molar-refractivity contribution in [1.29, 1.82) is 0 Å². The summed E-state index contributed by atoms with van der Waals surface area (Å²) >= 11 is 0. The minimum absolute atomic E-state index is 0.0466. The van der Waals surface area contributed by atoms with E-state index in [4.69, 9.17) is 9.40 Å². The summed E-state index contributed by atoms with van der Waals surface area (Å²) in [6, 6.07) is 22.4. The average Bonchev–Trinajstić information content (AvgIpc) is 3.35. The summed E-state index contributed by atoms with van der Waals surface area (Å²) in [6.07, 6.45) is 4.08. The van der Waals surface area contributed by atoms with Crippen LogP contribution in [0.1, 0.15) is 68.7 Å². The van der Waals surface area contributed by atoms with Gasteiger partial charge in [0.05, 0.1) is 5.69 Å². The molecule has 0 amide bonds. The van der Waals surface area contributed by atoms with Gasteiger partial charge in [-0.05, 0) is 83.3 Å². The molecule has 34 heavy (non-hydrogen) atoms. The van der Waals surface area contributed by atoms with E-state index in [2.05, 4.69) is 95.3 Å². The first-order valence-corrected chi connectivity index (χ1v) is 12.5. The number of fused-ring (bicyclic) bond motifs is 6. The molecule has 0 radical (unpaired) electrons. The molecule has 2 heterocycles. The third kappa shape index (κ3) is 2.78. The van der Waals surface area contributed by atoms with E-state index in [-0.39, 0.29) is 5.41 Å². The maximum atomic E-state index is 6.69. The second kappa shape index (κ2) is 7.56. The van der Waals surface area contributed by atoms with Gasteiger partial charge in [-0.15, -0.1) is 0 Å². The van der Waals surface area contributed by atoms with Crippen LogP contribution in [-0.4, -0.2) is 4.98 Å². The van der Waals surface area contributed by atoms with Crippen molar-refractivity contribution in [3.63, 3.8) is 0 Å². The maximum absolute atomic E-state index is 6.69. The van der Waals surface area contributed by atoms with E-state index in [0.29, 0.717) is 5.92 Å². The van der Waals surface area contributed by atoms with Gasteiger partial charge in [-0.25, -0.2) is 0 Å². The molecule has 2 nitrogen and oxygen atoms in total. The van der Waals surface area contributed by atoms with E-state index in [9.17, 15) is 0 Å². The highest BCUT2D eigenvalue weighted by molar-refractivity contribution is 6.11. The van der Waals surface area contributed by atoms with Crippen LogP contribution in [0.25, 0.3) is 44.3 Å². The fourth-order valence-electron chi connectivity index (χ4n) is 6.16. The molecule has 1 aliphatic carbocycles. The Labute approximate surface area is 201 Å². The molecular formula is C32H31NO. The first-order chi connectivity index (χ1) is 16.5. The Morgan fingerprint density at radius 3 is 2.41 bits per heavy atom. The Morgan fingerprint density at radius 1 is 0.853 bits per heavy atom. The summed E-state index contributed by atoms with van der Waals surface area (Å²) in [7, 11) is 0. The number of hydrogen-bond acceptors (Lipinski definition) is 2. The van der Waals surface area contributed by atoms with Gasteiger partial charge >= 0.3 is 0 Å². The molecule has 0 aliphatic heterocycles. The van der Waals surface area contributed by atoms with Gasteiger partial charge in [0, 0.05) is 27.9 Å². The van der Waals surface area contributed by atoms with E-state index < -0.39 is 0 Å². The molecule has 2 aromatic heterocycles. The lowest BCUT2D eigenvalue weighted by Crippen LogP contribution is -2.22. The average molecular weight is 446 g/mol. The zero-order valence-electron chi connectivity index (χ0n) is 20.7. The standard InChI is InChI=1S/C32H31NO/c1-6-32(7-2)26-11-9-8-10-22(26)24-17-25-23-13-12-20(5)30(31(23)34-29(25)18-27(24)32)28-16-21(19(3)4)14-15-33-28/h8-19H,6-7H2,1-5H3. The zero-order valence-corrected chi connectivity index (χ0v) is 20.7. The van der Waals surface area contributed by atoms with Crippen molar-refractivity contribution in [2.45, 2.75) is 58.8 Å². The van der Waals surface area contributed by atoms with Crippen LogP contribution in [0.3, 0.4) is 0 Å². The van der Waals surface area contributed by atoms with Crippen LogP contribution < -0.4 is 0 Å². The maximum Gasteiger partial charge on any atom is 0.145 e. The molecule has 0 atom stereocenters. The largest absolute Gasteiger partial charge is 0.455 e. The van der Waals surface area contributed by atoms with Gasteiger partial charge in [0.2, 0.25) is 0 Å². The summed E-state index contributed by atoms with van der Waals surface area (Å²) in [5, 5.41) is 2.35. The van der Waals surface area contributed by atoms with Crippen LogP contribution in [0.15, 0.2) is 71.3 Å². The summed E-state index contributed by atoms with van der Waals surface area (Å²) in [5.41, 5.74) is 12.1. The van der Waals surface area contributed by atoms with Crippen LogP contribution in [0.4, 0.5) is 0 Å². The summed E-state index contributed by atoms with van der Waals surface area (Å²) in [4.78, 5) is 4.75. The van der Waals surface area contributed by atoms with Crippen molar-refractivity contribution in [1.82, 2.24) is 4.98 Å². The van der Waals surface area contributed by atoms with Gasteiger partial charge in [-0.3, -0.25) is 4.98 Å². The number of aromatic nitrogens is 1. The van der Waals surface area contributed by atoms with Gasteiger partial charge < -0.3 is 4.42 Å². The summed E-state index contributed by atoms with van der Waals surface area (Å²) in [5.74, 6) is 0.455. The number of benzene rings is 3. The molecule has 1 aliphatic rings. The monoisotopic (exact) mass is 445 g/mol. The van der Waals surface area contributed by atoms with Crippen LogP contribution in [0.2, 0.25) is 0 Å². The first-order valence-electron chi connectivity index (χ1n) is 12.5. The number of furan rings is 1. The van der Waals surface area contributed by atoms with E-state index in [1.807, 2.05) is 6.20 Å². The molecule has 0 bridgehead atoms. The fourth-order valence-corrected chi connectivity index (χ4v) is 6.16. The molecule has 0 fully saturated rings. The van der Waals surface area contributed by atoms with Crippen molar-refractivity contribution >= 4 is 21.9 Å². The first kappa shape index (κ1) is 21.2.